The molecule has 1 aromatic carbocycles. The monoisotopic (exact) mass is 526 g/mol. The molecule has 2 aromatic heterocycles. The van der Waals surface area contributed by atoms with Gasteiger partial charge in [-0.3, -0.25) is 14.3 Å². The molecule has 2 amide bonds. The summed E-state index contributed by atoms with van der Waals surface area (Å²) >= 11 is 18.2. The lowest BCUT2D eigenvalue weighted by Gasteiger charge is -2.27. The average molecular weight is 528 g/mol. The van der Waals surface area contributed by atoms with Crippen molar-refractivity contribution in [2.45, 2.75) is 20.1 Å². The van der Waals surface area contributed by atoms with E-state index in [0.29, 0.717) is 55.0 Å². The highest BCUT2D eigenvalue weighted by Crippen LogP contribution is 2.36. The summed E-state index contributed by atoms with van der Waals surface area (Å²) in [5.41, 5.74) is 0.608. The Hall–Kier alpha value is -2.72. The molecule has 0 aliphatic carbocycles. The fraction of sp³-hybridized carbons (Fsp3) is 0.318. The molecule has 1 saturated heterocycles. The van der Waals surface area contributed by atoms with Crippen molar-refractivity contribution in [1.82, 2.24) is 14.7 Å². The number of halogens is 3. The van der Waals surface area contributed by atoms with Crippen LogP contribution in [0.25, 0.3) is 0 Å². The first-order chi connectivity index (χ1) is 16.4. The van der Waals surface area contributed by atoms with Gasteiger partial charge >= 0.3 is 0 Å². The largest absolute Gasteiger partial charge is 0.483 e. The Morgan fingerprint density at radius 2 is 1.85 bits per heavy atom. The van der Waals surface area contributed by atoms with Crippen LogP contribution in [0.5, 0.6) is 5.75 Å². The van der Waals surface area contributed by atoms with Crippen LogP contribution in [0, 0.1) is 0 Å². The zero-order chi connectivity index (χ0) is 24.2. The number of aryl methyl sites for hydroxylation is 1. The number of anilines is 1. The van der Waals surface area contributed by atoms with Crippen LogP contribution in [-0.2, 0) is 17.9 Å². The lowest BCUT2D eigenvalue weighted by Crippen LogP contribution is -2.41. The molecule has 34 heavy (non-hydrogen) atoms. The van der Waals surface area contributed by atoms with Gasteiger partial charge in [0.1, 0.15) is 18.1 Å². The average Bonchev–Trinajstić information content (AvgIpc) is 3.45. The maximum Gasteiger partial charge on any atom is 0.291 e. The standard InChI is InChI=1S/C22H21Cl3N4O5/c1-2-29-19(22(31)28-5-7-32-8-6-28)17(11-26-29)27-21(30)18-4-3-14(34-18)12-33-20-15(24)9-13(23)10-16(20)25/h3-4,9-11H,2,5-8,12H2,1H3,(H,27,30). The topological polar surface area (TPSA) is 98.8 Å². The van der Waals surface area contributed by atoms with Crippen LogP contribution >= 0.6 is 34.8 Å². The molecule has 1 fully saturated rings. The lowest BCUT2D eigenvalue weighted by molar-refractivity contribution is 0.0295. The number of aromatic nitrogens is 2. The number of hydrogen-bond donors (Lipinski definition) is 1. The van der Waals surface area contributed by atoms with E-state index in [1.165, 1.54) is 24.4 Å². The molecule has 180 valence electrons. The van der Waals surface area contributed by atoms with Crippen molar-refractivity contribution < 1.29 is 23.5 Å². The number of carbonyl (C=O) groups is 2. The van der Waals surface area contributed by atoms with Crippen LogP contribution in [0.4, 0.5) is 5.69 Å². The van der Waals surface area contributed by atoms with Gasteiger partial charge in [-0.15, -0.1) is 0 Å². The fourth-order valence-corrected chi connectivity index (χ4v) is 4.36. The predicted molar refractivity (Wildman–Crippen MR) is 127 cm³/mol. The second-order valence-corrected chi connectivity index (χ2v) is 8.59. The Kier molecular flexibility index (Phi) is 7.67. The maximum absolute atomic E-state index is 13.1. The van der Waals surface area contributed by atoms with Crippen molar-refractivity contribution in [3.63, 3.8) is 0 Å². The van der Waals surface area contributed by atoms with Gasteiger partial charge in [-0.2, -0.15) is 5.10 Å². The molecular weight excluding hydrogens is 507 g/mol. The minimum atomic E-state index is -0.527. The molecule has 9 nitrogen and oxygen atoms in total. The summed E-state index contributed by atoms with van der Waals surface area (Å²) in [6, 6.07) is 6.13. The van der Waals surface area contributed by atoms with Gasteiger partial charge in [-0.25, -0.2) is 0 Å². The van der Waals surface area contributed by atoms with Crippen LogP contribution in [0.1, 0.15) is 33.7 Å². The van der Waals surface area contributed by atoms with Crippen molar-refractivity contribution in [3.05, 3.63) is 62.7 Å². The summed E-state index contributed by atoms with van der Waals surface area (Å²) in [7, 11) is 0. The van der Waals surface area contributed by atoms with E-state index in [1.54, 1.807) is 15.6 Å². The fourth-order valence-electron chi connectivity index (χ4n) is 3.43. The van der Waals surface area contributed by atoms with E-state index in [2.05, 4.69) is 10.4 Å². The van der Waals surface area contributed by atoms with Gasteiger partial charge in [0, 0.05) is 24.7 Å². The van der Waals surface area contributed by atoms with Crippen molar-refractivity contribution in [1.29, 1.82) is 0 Å². The predicted octanol–water partition coefficient (Wildman–Crippen LogP) is 4.76. The number of furan rings is 1. The molecule has 0 atom stereocenters. The summed E-state index contributed by atoms with van der Waals surface area (Å²) in [5, 5.41) is 7.85. The summed E-state index contributed by atoms with van der Waals surface area (Å²) in [6.45, 7) is 4.22. The second-order valence-electron chi connectivity index (χ2n) is 7.33. The Morgan fingerprint density at radius 1 is 1.15 bits per heavy atom. The van der Waals surface area contributed by atoms with E-state index >= 15 is 0 Å². The minimum absolute atomic E-state index is 0.0110. The number of hydrogen-bond acceptors (Lipinski definition) is 6. The Labute approximate surface area is 210 Å². The van der Waals surface area contributed by atoms with Crippen LogP contribution in [0.15, 0.2) is 34.9 Å². The van der Waals surface area contributed by atoms with E-state index in [4.69, 9.17) is 48.7 Å². The molecule has 0 bridgehead atoms. The SMILES string of the molecule is CCn1ncc(NC(=O)c2ccc(COc3c(Cl)cc(Cl)cc3Cl)o2)c1C(=O)N1CCOCC1. The lowest BCUT2D eigenvalue weighted by atomic mass is 10.2. The molecule has 3 heterocycles. The second kappa shape index (κ2) is 10.7. The Balaban J connectivity index is 1.45. The molecule has 0 radical (unpaired) electrons. The van der Waals surface area contributed by atoms with Crippen LogP contribution in [0.3, 0.4) is 0 Å². The highest BCUT2D eigenvalue weighted by Gasteiger charge is 2.26. The number of nitrogens with zero attached hydrogens (tertiary/aromatic N) is 3. The first-order valence-electron chi connectivity index (χ1n) is 10.5. The number of morpholine rings is 1. The number of nitrogens with one attached hydrogen (secondary N) is 1. The summed E-state index contributed by atoms with van der Waals surface area (Å²) in [6.07, 6.45) is 1.45. The third-order valence-electron chi connectivity index (χ3n) is 5.10. The van der Waals surface area contributed by atoms with E-state index in [1.807, 2.05) is 6.92 Å². The van der Waals surface area contributed by atoms with Gasteiger partial charge in [0.15, 0.2) is 11.5 Å². The highest BCUT2D eigenvalue weighted by atomic mass is 35.5. The number of amides is 2. The zero-order valence-corrected chi connectivity index (χ0v) is 20.4. The van der Waals surface area contributed by atoms with Gasteiger partial charge in [0.05, 0.1) is 35.1 Å². The van der Waals surface area contributed by atoms with E-state index < -0.39 is 5.91 Å². The van der Waals surface area contributed by atoms with Crippen LogP contribution in [-0.4, -0.2) is 52.8 Å². The quantitative estimate of drug-likeness (QED) is 0.476. The molecule has 1 aliphatic heterocycles. The molecule has 3 aromatic rings. The number of ether oxygens (including phenoxy) is 2. The molecular formula is C22H21Cl3N4O5. The third kappa shape index (κ3) is 5.33. The minimum Gasteiger partial charge on any atom is -0.483 e. The van der Waals surface area contributed by atoms with Crippen molar-refractivity contribution >= 4 is 52.3 Å². The van der Waals surface area contributed by atoms with Gasteiger partial charge in [0.25, 0.3) is 11.8 Å². The summed E-state index contributed by atoms with van der Waals surface area (Å²) in [5.74, 6) is -0.0703. The Morgan fingerprint density at radius 3 is 2.53 bits per heavy atom. The van der Waals surface area contributed by atoms with Crippen LogP contribution < -0.4 is 10.1 Å². The van der Waals surface area contributed by atoms with E-state index in [9.17, 15) is 9.59 Å². The zero-order valence-electron chi connectivity index (χ0n) is 18.1. The summed E-state index contributed by atoms with van der Waals surface area (Å²) in [4.78, 5) is 27.6. The van der Waals surface area contributed by atoms with Gasteiger partial charge < -0.3 is 24.1 Å². The number of rotatable bonds is 7. The Bertz CT molecular complexity index is 1180. The van der Waals surface area contributed by atoms with Crippen molar-refractivity contribution in [2.75, 3.05) is 31.6 Å². The number of carbonyl (C=O) groups excluding carboxylic acids is 2. The molecule has 0 saturated carbocycles. The molecule has 1 aliphatic rings. The summed E-state index contributed by atoms with van der Waals surface area (Å²) < 4.78 is 18.1. The first kappa shape index (κ1) is 24.4. The van der Waals surface area contributed by atoms with Crippen molar-refractivity contribution in [2.24, 2.45) is 0 Å². The first-order valence-corrected chi connectivity index (χ1v) is 11.6. The third-order valence-corrected chi connectivity index (χ3v) is 5.88. The van der Waals surface area contributed by atoms with Gasteiger partial charge in [-0.05, 0) is 31.2 Å². The van der Waals surface area contributed by atoms with Gasteiger partial charge in [-0.1, -0.05) is 34.8 Å². The molecule has 12 heteroatoms. The van der Waals surface area contributed by atoms with Crippen molar-refractivity contribution in [3.8, 4) is 5.75 Å². The highest BCUT2D eigenvalue weighted by molar-refractivity contribution is 6.40. The van der Waals surface area contributed by atoms with E-state index in [0.717, 1.165) is 0 Å². The molecule has 0 spiro atoms. The molecule has 1 N–H and O–H groups in total. The van der Waals surface area contributed by atoms with E-state index in [-0.39, 0.29) is 34.1 Å². The molecule has 4 rings (SSSR count). The number of benzene rings is 1. The normalized spacial score (nSPS) is 13.7. The maximum atomic E-state index is 13.1. The van der Waals surface area contributed by atoms with Crippen LogP contribution in [0.2, 0.25) is 15.1 Å². The van der Waals surface area contributed by atoms with Gasteiger partial charge in [0.2, 0.25) is 0 Å². The smallest absolute Gasteiger partial charge is 0.291 e. The molecule has 0 unspecified atom stereocenters.